The Morgan fingerprint density at radius 2 is 2.19 bits per heavy atom. The van der Waals surface area contributed by atoms with Gasteiger partial charge in [-0.1, -0.05) is 17.3 Å². The Bertz CT molecular complexity index is 789. The fourth-order valence-electron chi connectivity index (χ4n) is 4.21. The van der Waals surface area contributed by atoms with Crippen LogP contribution in [-0.4, -0.2) is 48.2 Å². The van der Waals surface area contributed by atoms with E-state index in [0.717, 1.165) is 48.7 Å². The maximum absolute atomic E-state index is 13.0. The van der Waals surface area contributed by atoms with Crippen molar-refractivity contribution in [1.29, 1.82) is 0 Å². The Balaban J connectivity index is 1.46. The average Bonchev–Trinajstić information content (AvgIpc) is 3.41. The van der Waals surface area contributed by atoms with E-state index >= 15 is 0 Å². The summed E-state index contributed by atoms with van der Waals surface area (Å²) in [7, 11) is 1.64. The van der Waals surface area contributed by atoms with E-state index in [9.17, 15) is 4.79 Å². The zero-order valence-electron chi connectivity index (χ0n) is 15.8. The van der Waals surface area contributed by atoms with Gasteiger partial charge in [0.2, 0.25) is 5.91 Å². The minimum atomic E-state index is 0.125. The van der Waals surface area contributed by atoms with Crippen molar-refractivity contribution in [2.45, 2.75) is 44.2 Å². The molecule has 2 aromatic rings. The molecule has 7 nitrogen and oxygen atoms in total. The van der Waals surface area contributed by atoms with Gasteiger partial charge in [-0.15, -0.1) is 0 Å². The van der Waals surface area contributed by atoms with Gasteiger partial charge in [-0.2, -0.15) is 0 Å². The molecule has 1 aromatic heterocycles. The number of carbonyl (C=O) groups is 1. The molecule has 3 unspecified atom stereocenters. The van der Waals surface area contributed by atoms with Crippen molar-refractivity contribution < 1.29 is 14.1 Å². The predicted octanol–water partition coefficient (Wildman–Crippen LogP) is 1.79. The van der Waals surface area contributed by atoms with Crippen LogP contribution in [0, 0.1) is 6.92 Å². The van der Waals surface area contributed by atoms with Crippen molar-refractivity contribution in [3.8, 4) is 5.75 Å². The topological polar surface area (TPSA) is 79.6 Å². The summed E-state index contributed by atoms with van der Waals surface area (Å²) in [5.74, 6) is 2.02. The molecular formula is C20H26N4O3. The van der Waals surface area contributed by atoms with Crippen LogP contribution in [0.4, 0.5) is 0 Å². The summed E-state index contributed by atoms with van der Waals surface area (Å²) in [5.41, 5.74) is 8.50. The number of likely N-dealkylation sites (tertiary alicyclic amines) is 1. The molecule has 1 aromatic carbocycles. The largest absolute Gasteiger partial charge is 0.497 e. The van der Waals surface area contributed by atoms with Crippen LogP contribution in [0.25, 0.3) is 0 Å². The average molecular weight is 370 g/mol. The maximum Gasteiger partial charge on any atom is 0.227 e. The van der Waals surface area contributed by atoms with Crippen LogP contribution in [0.1, 0.15) is 35.8 Å². The van der Waals surface area contributed by atoms with Gasteiger partial charge in [0.15, 0.2) is 0 Å². The Morgan fingerprint density at radius 1 is 1.37 bits per heavy atom. The highest BCUT2D eigenvalue weighted by atomic mass is 16.5. The van der Waals surface area contributed by atoms with Crippen LogP contribution in [0.15, 0.2) is 34.9 Å². The van der Waals surface area contributed by atoms with Crippen LogP contribution in [0.5, 0.6) is 5.75 Å². The van der Waals surface area contributed by atoms with Crippen molar-refractivity contribution in [3.63, 3.8) is 0 Å². The first-order valence-electron chi connectivity index (χ1n) is 9.49. The van der Waals surface area contributed by atoms with Crippen LogP contribution in [0.2, 0.25) is 0 Å². The van der Waals surface area contributed by atoms with Gasteiger partial charge in [0.25, 0.3) is 0 Å². The second-order valence-electron chi connectivity index (χ2n) is 7.35. The quantitative estimate of drug-likeness (QED) is 0.835. The van der Waals surface area contributed by atoms with Gasteiger partial charge in [0, 0.05) is 25.2 Å². The van der Waals surface area contributed by atoms with E-state index in [2.05, 4.69) is 16.0 Å². The first kappa shape index (κ1) is 18.0. The van der Waals surface area contributed by atoms with E-state index in [-0.39, 0.29) is 23.9 Å². The van der Waals surface area contributed by atoms with E-state index in [1.807, 2.05) is 42.2 Å². The lowest BCUT2D eigenvalue weighted by atomic mass is 9.91. The van der Waals surface area contributed by atoms with E-state index in [0.29, 0.717) is 6.42 Å². The number of hydrazine groups is 1. The molecule has 144 valence electrons. The SMILES string of the molecule is COc1ccc(CC(=O)N2CCCC2C2NNCC2c2cc(C)no2)cc1. The molecule has 0 spiro atoms. The Hall–Kier alpha value is -2.38. The Kier molecular flexibility index (Phi) is 5.13. The number of ether oxygens (including phenoxy) is 1. The molecule has 7 heteroatoms. The molecule has 3 atom stereocenters. The predicted molar refractivity (Wildman–Crippen MR) is 100 cm³/mol. The molecule has 2 aliphatic rings. The van der Waals surface area contributed by atoms with Gasteiger partial charge in [0.05, 0.1) is 31.2 Å². The molecule has 4 rings (SSSR count). The monoisotopic (exact) mass is 370 g/mol. The molecule has 2 fully saturated rings. The third-order valence-electron chi connectivity index (χ3n) is 5.58. The van der Waals surface area contributed by atoms with Gasteiger partial charge in [0.1, 0.15) is 11.5 Å². The van der Waals surface area contributed by atoms with Crippen molar-refractivity contribution in [2.75, 3.05) is 20.2 Å². The van der Waals surface area contributed by atoms with Crippen molar-refractivity contribution >= 4 is 5.91 Å². The number of hydrogen-bond acceptors (Lipinski definition) is 6. The van der Waals surface area contributed by atoms with Crippen molar-refractivity contribution in [3.05, 3.63) is 47.3 Å². The first-order chi connectivity index (χ1) is 13.2. The fraction of sp³-hybridized carbons (Fsp3) is 0.500. The molecule has 0 bridgehead atoms. The highest BCUT2D eigenvalue weighted by Crippen LogP contribution is 2.32. The Morgan fingerprint density at radius 3 is 2.89 bits per heavy atom. The lowest BCUT2D eigenvalue weighted by molar-refractivity contribution is -0.131. The summed E-state index contributed by atoms with van der Waals surface area (Å²) in [6.45, 7) is 3.51. The smallest absolute Gasteiger partial charge is 0.227 e. The summed E-state index contributed by atoms with van der Waals surface area (Å²) < 4.78 is 10.7. The number of aryl methyl sites for hydroxylation is 1. The first-order valence-corrected chi connectivity index (χ1v) is 9.49. The minimum absolute atomic E-state index is 0.125. The molecule has 27 heavy (non-hydrogen) atoms. The number of hydrogen-bond donors (Lipinski definition) is 2. The highest BCUT2D eigenvalue weighted by molar-refractivity contribution is 5.79. The lowest BCUT2D eigenvalue weighted by Gasteiger charge is -2.31. The van der Waals surface area contributed by atoms with Crippen molar-refractivity contribution in [2.24, 2.45) is 0 Å². The van der Waals surface area contributed by atoms with Gasteiger partial charge in [-0.25, -0.2) is 0 Å². The molecular weight excluding hydrogens is 344 g/mol. The summed E-state index contributed by atoms with van der Waals surface area (Å²) in [6, 6.07) is 9.98. The molecule has 2 N–H and O–H groups in total. The van der Waals surface area contributed by atoms with Gasteiger partial charge in [-0.05, 0) is 37.5 Å². The highest BCUT2D eigenvalue weighted by Gasteiger charge is 2.42. The zero-order valence-corrected chi connectivity index (χ0v) is 15.8. The Labute approximate surface area is 159 Å². The number of nitrogens with one attached hydrogen (secondary N) is 2. The third kappa shape index (κ3) is 3.70. The van der Waals surface area contributed by atoms with E-state index in [1.54, 1.807) is 7.11 Å². The van der Waals surface area contributed by atoms with Crippen LogP contribution in [0.3, 0.4) is 0 Å². The number of carbonyl (C=O) groups excluding carboxylic acids is 1. The van der Waals surface area contributed by atoms with Crippen LogP contribution < -0.4 is 15.6 Å². The number of nitrogens with zero attached hydrogens (tertiary/aromatic N) is 2. The van der Waals surface area contributed by atoms with Crippen LogP contribution >= 0.6 is 0 Å². The number of aromatic nitrogens is 1. The summed E-state index contributed by atoms with van der Waals surface area (Å²) in [5, 5.41) is 4.03. The second-order valence-corrected chi connectivity index (χ2v) is 7.35. The molecule has 0 radical (unpaired) electrons. The normalized spacial score (nSPS) is 25.1. The van der Waals surface area contributed by atoms with Crippen LogP contribution in [-0.2, 0) is 11.2 Å². The number of rotatable bonds is 5. The zero-order chi connectivity index (χ0) is 18.8. The molecule has 3 heterocycles. The molecule has 2 aliphatic heterocycles. The maximum atomic E-state index is 13.0. The van der Waals surface area contributed by atoms with Gasteiger partial charge >= 0.3 is 0 Å². The number of methoxy groups -OCH3 is 1. The summed E-state index contributed by atoms with van der Waals surface area (Å²) in [4.78, 5) is 15.0. The number of benzene rings is 1. The molecule has 2 saturated heterocycles. The van der Waals surface area contributed by atoms with E-state index in [4.69, 9.17) is 9.26 Å². The third-order valence-corrected chi connectivity index (χ3v) is 5.58. The lowest BCUT2D eigenvalue weighted by Crippen LogP contribution is -2.50. The molecule has 0 saturated carbocycles. The summed E-state index contributed by atoms with van der Waals surface area (Å²) >= 11 is 0. The standard InChI is InChI=1S/C20H26N4O3/c1-13-10-18(27-23-13)16-12-21-22-20(16)17-4-3-9-24(17)19(25)11-14-5-7-15(26-2)8-6-14/h5-8,10,16-17,20-22H,3-4,9,11-12H2,1-2H3. The van der Waals surface area contributed by atoms with E-state index < -0.39 is 0 Å². The van der Waals surface area contributed by atoms with Gasteiger partial charge in [-0.3, -0.25) is 15.6 Å². The minimum Gasteiger partial charge on any atom is -0.497 e. The van der Waals surface area contributed by atoms with E-state index in [1.165, 1.54) is 0 Å². The molecule has 0 aliphatic carbocycles. The summed E-state index contributed by atoms with van der Waals surface area (Å²) in [6.07, 6.45) is 2.43. The van der Waals surface area contributed by atoms with Crippen molar-refractivity contribution in [1.82, 2.24) is 20.9 Å². The number of amides is 1. The van der Waals surface area contributed by atoms with Gasteiger partial charge < -0.3 is 14.2 Å². The second kappa shape index (κ2) is 7.70. The molecule has 1 amide bonds. The fourth-order valence-corrected chi connectivity index (χ4v) is 4.21.